The number of benzene rings is 1. The average Bonchev–Trinajstić information content (AvgIpc) is 3.17. The van der Waals surface area contributed by atoms with Crippen molar-refractivity contribution >= 4 is 11.6 Å². The highest BCUT2D eigenvalue weighted by molar-refractivity contribution is 6.31. The molecule has 2 N–H and O–H groups in total. The van der Waals surface area contributed by atoms with Gasteiger partial charge < -0.3 is 10.5 Å². The fraction of sp³-hybridized carbons (Fsp3) is 0.250. The fourth-order valence-corrected chi connectivity index (χ4v) is 2.63. The van der Waals surface area contributed by atoms with Gasteiger partial charge in [-0.25, -0.2) is 4.68 Å². The molecule has 2 aromatic heterocycles. The van der Waals surface area contributed by atoms with Gasteiger partial charge in [-0.3, -0.25) is 4.68 Å². The summed E-state index contributed by atoms with van der Waals surface area (Å²) in [5.74, 6) is -0.0150. The van der Waals surface area contributed by atoms with Crippen LogP contribution >= 0.6 is 11.6 Å². The molecule has 0 bridgehead atoms. The fourth-order valence-electron chi connectivity index (χ4n) is 2.46. The highest BCUT2D eigenvalue weighted by Gasteiger charge is 2.20. The lowest BCUT2D eigenvalue weighted by molar-refractivity contribution is -0.0494. The number of rotatable bonds is 6. The Hall–Kier alpha value is -2.45. The van der Waals surface area contributed by atoms with E-state index < -0.39 is 6.61 Å². The molecule has 0 fully saturated rings. The van der Waals surface area contributed by atoms with E-state index in [0.29, 0.717) is 28.5 Å². The zero-order chi connectivity index (χ0) is 18.0. The second kappa shape index (κ2) is 7.20. The summed E-state index contributed by atoms with van der Waals surface area (Å²) in [4.78, 5) is 0. The molecule has 6 nitrogen and oxygen atoms in total. The lowest BCUT2D eigenvalue weighted by atomic mass is 10.1. The quantitative estimate of drug-likeness (QED) is 0.725. The standard InChI is InChI=1S/C16H16ClF2N5O/c1-10(20)8-23-9-13(24-6-2-5-21-24)15(22-23)12-7-11(17)3-4-14(12)25-16(18)19/h2-7,9-10,16H,8,20H2,1H3/t10-/m0/s1. The molecule has 0 aliphatic heterocycles. The molecule has 25 heavy (non-hydrogen) atoms. The van der Waals surface area contributed by atoms with Gasteiger partial charge in [0.05, 0.1) is 12.7 Å². The SMILES string of the molecule is C[C@H](N)Cn1cc(-n2cccn2)c(-c2cc(Cl)ccc2OC(F)F)n1. The van der Waals surface area contributed by atoms with Crippen LogP contribution in [0.3, 0.4) is 0 Å². The Bertz CT molecular complexity index is 848. The Balaban J connectivity index is 2.15. The van der Waals surface area contributed by atoms with Gasteiger partial charge >= 0.3 is 6.61 Å². The summed E-state index contributed by atoms with van der Waals surface area (Å²) in [6.07, 6.45) is 5.09. The Labute approximate surface area is 147 Å². The average molecular weight is 368 g/mol. The maximum absolute atomic E-state index is 12.8. The first-order chi connectivity index (χ1) is 11.9. The van der Waals surface area contributed by atoms with Gasteiger partial charge in [0, 0.05) is 29.0 Å². The highest BCUT2D eigenvalue weighted by Crippen LogP contribution is 2.36. The molecule has 0 aliphatic rings. The van der Waals surface area contributed by atoms with E-state index in [-0.39, 0.29) is 11.8 Å². The van der Waals surface area contributed by atoms with E-state index >= 15 is 0 Å². The Kier molecular flexibility index (Phi) is 5.00. The third-order valence-electron chi connectivity index (χ3n) is 3.38. The number of alkyl halides is 2. The van der Waals surface area contributed by atoms with Gasteiger partial charge in [0.1, 0.15) is 17.1 Å². The van der Waals surface area contributed by atoms with Crippen LogP contribution in [-0.2, 0) is 6.54 Å². The second-order valence-corrected chi connectivity index (χ2v) is 5.97. The molecular formula is C16H16ClF2N5O. The molecule has 9 heteroatoms. The molecule has 0 unspecified atom stereocenters. The number of hydrogen-bond acceptors (Lipinski definition) is 4. The smallest absolute Gasteiger partial charge is 0.387 e. The van der Waals surface area contributed by atoms with E-state index in [1.165, 1.54) is 18.2 Å². The molecule has 0 radical (unpaired) electrons. The molecule has 3 aromatic rings. The molecule has 2 heterocycles. The van der Waals surface area contributed by atoms with Crippen molar-refractivity contribution in [2.24, 2.45) is 5.73 Å². The molecule has 1 atom stereocenters. The Morgan fingerprint density at radius 2 is 2.16 bits per heavy atom. The minimum Gasteiger partial charge on any atom is -0.434 e. The van der Waals surface area contributed by atoms with Crippen molar-refractivity contribution in [3.05, 3.63) is 47.9 Å². The number of hydrogen-bond donors (Lipinski definition) is 1. The Morgan fingerprint density at radius 1 is 1.36 bits per heavy atom. The van der Waals surface area contributed by atoms with Crippen molar-refractivity contribution < 1.29 is 13.5 Å². The van der Waals surface area contributed by atoms with E-state index in [1.54, 1.807) is 34.0 Å². The summed E-state index contributed by atoms with van der Waals surface area (Å²) < 4.78 is 33.4. The third-order valence-corrected chi connectivity index (χ3v) is 3.62. The van der Waals surface area contributed by atoms with Gasteiger partial charge in [-0.15, -0.1) is 0 Å². The van der Waals surface area contributed by atoms with Crippen LogP contribution in [0.4, 0.5) is 8.78 Å². The molecule has 3 rings (SSSR count). The molecule has 132 valence electrons. The van der Waals surface area contributed by atoms with Crippen LogP contribution < -0.4 is 10.5 Å². The molecular weight excluding hydrogens is 352 g/mol. The number of ether oxygens (including phenoxy) is 1. The van der Waals surface area contributed by atoms with Gasteiger partial charge in [-0.1, -0.05) is 11.6 Å². The molecule has 0 saturated heterocycles. The number of halogens is 3. The Morgan fingerprint density at radius 3 is 2.80 bits per heavy atom. The first kappa shape index (κ1) is 17.4. The summed E-state index contributed by atoms with van der Waals surface area (Å²) in [7, 11) is 0. The largest absolute Gasteiger partial charge is 0.434 e. The van der Waals surface area contributed by atoms with Crippen LogP contribution in [0.15, 0.2) is 42.9 Å². The monoisotopic (exact) mass is 367 g/mol. The molecule has 0 spiro atoms. The lowest BCUT2D eigenvalue weighted by Gasteiger charge is -2.11. The van der Waals surface area contributed by atoms with E-state index in [4.69, 9.17) is 17.3 Å². The number of aromatic nitrogens is 4. The molecule has 0 amide bonds. The van der Waals surface area contributed by atoms with Crippen LogP contribution in [0.2, 0.25) is 5.02 Å². The van der Waals surface area contributed by atoms with E-state index in [1.807, 2.05) is 6.92 Å². The van der Waals surface area contributed by atoms with Gasteiger partial charge in [0.2, 0.25) is 0 Å². The summed E-state index contributed by atoms with van der Waals surface area (Å²) in [5, 5.41) is 9.05. The molecule has 1 aromatic carbocycles. The van der Waals surface area contributed by atoms with Crippen molar-refractivity contribution in [2.75, 3.05) is 0 Å². The van der Waals surface area contributed by atoms with Crippen LogP contribution in [-0.4, -0.2) is 32.2 Å². The number of nitrogens with two attached hydrogens (primary N) is 1. The van der Waals surface area contributed by atoms with Gasteiger partial charge in [-0.05, 0) is 31.2 Å². The minimum absolute atomic E-state index is 0.0150. The zero-order valence-corrected chi connectivity index (χ0v) is 14.1. The summed E-state index contributed by atoms with van der Waals surface area (Å²) in [6, 6.07) is 6.03. The summed E-state index contributed by atoms with van der Waals surface area (Å²) in [5.41, 5.74) is 7.20. The topological polar surface area (TPSA) is 70.9 Å². The third kappa shape index (κ3) is 3.97. The van der Waals surface area contributed by atoms with Crippen LogP contribution in [0.25, 0.3) is 16.9 Å². The zero-order valence-electron chi connectivity index (χ0n) is 13.3. The summed E-state index contributed by atoms with van der Waals surface area (Å²) in [6.45, 7) is -0.654. The molecule has 0 aliphatic carbocycles. The lowest BCUT2D eigenvalue weighted by Crippen LogP contribution is -2.22. The predicted octanol–water partition coefficient (Wildman–Crippen LogP) is 3.34. The van der Waals surface area contributed by atoms with E-state index in [0.717, 1.165) is 0 Å². The van der Waals surface area contributed by atoms with Crippen molar-refractivity contribution in [1.82, 2.24) is 19.6 Å². The van der Waals surface area contributed by atoms with E-state index in [2.05, 4.69) is 14.9 Å². The minimum atomic E-state index is -2.96. The first-order valence-electron chi connectivity index (χ1n) is 7.52. The predicted molar refractivity (Wildman–Crippen MR) is 90.1 cm³/mol. The van der Waals surface area contributed by atoms with E-state index in [9.17, 15) is 8.78 Å². The van der Waals surface area contributed by atoms with Gasteiger partial charge in [0.25, 0.3) is 0 Å². The summed E-state index contributed by atoms with van der Waals surface area (Å²) >= 11 is 6.05. The second-order valence-electron chi connectivity index (χ2n) is 5.53. The number of nitrogens with zero attached hydrogens (tertiary/aromatic N) is 4. The van der Waals surface area contributed by atoms with Crippen molar-refractivity contribution in [2.45, 2.75) is 26.1 Å². The maximum atomic E-state index is 12.8. The van der Waals surface area contributed by atoms with Crippen molar-refractivity contribution in [1.29, 1.82) is 0 Å². The van der Waals surface area contributed by atoms with Crippen molar-refractivity contribution in [3.63, 3.8) is 0 Å². The normalized spacial score (nSPS) is 12.6. The van der Waals surface area contributed by atoms with Gasteiger partial charge in [-0.2, -0.15) is 19.0 Å². The highest BCUT2D eigenvalue weighted by atomic mass is 35.5. The van der Waals surface area contributed by atoms with Gasteiger partial charge in [0.15, 0.2) is 0 Å². The maximum Gasteiger partial charge on any atom is 0.387 e. The van der Waals surface area contributed by atoms with Crippen LogP contribution in [0, 0.1) is 0 Å². The van der Waals surface area contributed by atoms with Crippen LogP contribution in [0.5, 0.6) is 5.75 Å². The van der Waals surface area contributed by atoms with Crippen LogP contribution in [0.1, 0.15) is 6.92 Å². The molecule has 0 saturated carbocycles. The van der Waals surface area contributed by atoms with Crippen molar-refractivity contribution in [3.8, 4) is 22.7 Å². The first-order valence-corrected chi connectivity index (χ1v) is 7.89.